The Morgan fingerprint density at radius 3 is 2.90 bits per heavy atom. The lowest BCUT2D eigenvalue weighted by molar-refractivity contribution is 0.119. The summed E-state index contributed by atoms with van der Waals surface area (Å²) in [7, 11) is 1.39. The molecule has 5 nitrogen and oxygen atoms in total. The molecule has 0 aromatic heterocycles. The molecule has 1 saturated heterocycles. The topological polar surface area (TPSA) is 65.4 Å². The second-order valence-corrected chi connectivity index (χ2v) is 6.01. The number of rotatable bonds is 3. The Morgan fingerprint density at radius 1 is 1.45 bits per heavy atom. The summed E-state index contributed by atoms with van der Waals surface area (Å²) in [5, 5.41) is 12.2. The van der Waals surface area contributed by atoms with E-state index in [4.69, 9.17) is 0 Å². The normalized spacial score (nSPS) is 34.5. The maximum absolute atomic E-state index is 11.3. The Bertz CT molecular complexity index is 380. The quantitative estimate of drug-likeness (QED) is 0.859. The first-order valence-electron chi connectivity index (χ1n) is 7.66. The van der Waals surface area contributed by atoms with E-state index in [0.29, 0.717) is 6.04 Å². The second-order valence-electron chi connectivity index (χ2n) is 6.01. The summed E-state index contributed by atoms with van der Waals surface area (Å²) >= 11 is 0. The molecule has 4 unspecified atom stereocenters. The summed E-state index contributed by atoms with van der Waals surface area (Å²) in [6.45, 7) is 4.04. The fourth-order valence-corrected chi connectivity index (χ4v) is 3.59. The van der Waals surface area contributed by atoms with Crippen LogP contribution in [0.5, 0.6) is 0 Å². The predicted molar refractivity (Wildman–Crippen MR) is 76.0 cm³/mol. The van der Waals surface area contributed by atoms with Crippen molar-refractivity contribution in [1.82, 2.24) is 10.2 Å². The van der Waals surface area contributed by atoms with Gasteiger partial charge in [0, 0.05) is 25.2 Å². The maximum atomic E-state index is 11.3. The minimum absolute atomic E-state index is 0.148. The lowest BCUT2D eigenvalue weighted by Crippen LogP contribution is -2.45. The summed E-state index contributed by atoms with van der Waals surface area (Å²) in [6.07, 6.45) is 5.12. The van der Waals surface area contributed by atoms with E-state index in [9.17, 15) is 10.1 Å². The van der Waals surface area contributed by atoms with Gasteiger partial charge in [0.2, 0.25) is 0 Å². The van der Waals surface area contributed by atoms with Gasteiger partial charge in [0.05, 0.1) is 19.1 Å². The molecule has 1 heterocycles. The standard InChI is InChI=1S/C15H25N3O2/c1-3-11-4-5-12(9-16)14(8-11)18-7-6-13(10-18)17-15(19)20-2/h11-14H,3-8,10H2,1-2H3,(H,17,19). The Balaban J connectivity index is 1.93. The minimum Gasteiger partial charge on any atom is -0.453 e. The number of likely N-dealkylation sites (tertiary alicyclic amines) is 1. The van der Waals surface area contributed by atoms with E-state index >= 15 is 0 Å². The molecule has 2 rings (SSSR count). The minimum atomic E-state index is -0.358. The highest BCUT2D eigenvalue weighted by Gasteiger charge is 2.37. The highest BCUT2D eigenvalue weighted by Crippen LogP contribution is 2.35. The van der Waals surface area contributed by atoms with Crippen LogP contribution in [0.1, 0.15) is 39.0 Å². The zero-order chi connectivity index (χ0) is 14.5. The van der Waals surface area contributed by atoms with Crippen LogP contribution in [0.25, 0.3) is 0 Å². The van der Waals surface area contributed by atoms with Crippen LogP contribution in [-0.4, -0.2) is 43.3 Å². The molecule has 1 aliphatic heterocycles. The fraction of sp³-hybridized carbons (Fsp3) is 0.867. The van der Waals surface area contributed by atoms with Crippen LogP contribution in [0.4, 0.5) is 4.79 Å². The van der Waals surface area contributed by atoms with Gasteiger partial charge in [0.1, 0.15) is 0 Å². The van der Waals surface area contributed by atoms with Crippen LogP contribution < -0.4 is 5.32 Å². The lowest BCUT2D eigenvalue weighted by Gasteiger charge is -2.38. The molecule has 1 N–H and O–H groups in total. The average molecular weight is 279 g/mol. The van der Waals surface area contributed by atoms with Gasteiger partial charge in [-0.1, -0.05) is 13.3 Å². The van der Waals surface area contributed by atoms with E-state index in [0.717, 1.165) is 38.3 Å². The number of alkyl carbamates (subject to hydrolysis) is 1. The summed E-state index contributed by atoms with van der Waals surface area (Å²) in [5.74, 6) is 0.895. The van der Waals surface area contributed by atoms with Gasteiger partial charge in [-0.05, 0) is 31.6 Å². The van der Waals surface area contributed by atoms with Gasteiger partial charge in [0.25, 0.3) is 0 Å². The number of ether oxygens (including phenoxy) is 1. The Kier molecular flexibility index (Phi) is 5.24. The zero-order valence-electron chi connectivity index (χ0n) is 12.5. The van der Waals surface area contributed by atoms with Crippen LogP contribution in [-0.2, 0) is 4.74 Å². The molecule has 0 aromatic carbocycles. The first-order valence-corrected chi connectivity index (χ1v) is 7.66. The van der Waals surface area contributed by atoms with Gasteiger partial charge in [-0.25, -0.2) is 4.79 Å². The first kappa shape index (κ1) is 15.1. The van der Waals surface area contributed by atoms with Crippen molar-refractivity contribution in [2.24, 2.45) is 11.8 Å². The van der Waals surface area contributed by atoms with Crippen LogP contribution in [0, 0.1) is 23.2 Å². The third-order valence-electron chi connectivity index (χ3n) is 4.86. The number of nitrogens with one attached hydrogen (secondary N) is 1. The molecular formula is C15H25N3O2. The molecule has 5 heteroatoms. The van der Waals surface area contributed by atoms with Crippen molar-refractivity contribution in [1.29, 1.82) is 5.26 Å². The van der Waals surface area contributed by atoms with Gasteiger partial charge < -0.3 is 10.1 Å². The summed E-state index contributed by atoms with van der Waals surface area (Å²) < 4.78 is 4.65. The Morgan fingerprint density at radius 2 is 2.25 bits per heavy atom. The number of amides is 1. The molecule has 2 aliphatic rings. The molecule has 112 valence electrons. The molecule has 1 saturated carbocycles. The molecule has 0 bridgehead atoms. The number of nitriles is 1. The molecule has 0 spiro atoms. The third kappa shape index (κ3) is 3.43. The molecule has 0 aromatic rings. The van der Waals surface area contributed by atoms with E-state index in [1.807, 2.05) is 0 Å². The smallest absolute Gasteiger partial charge is 0.407 e. The number of hydrogen-bond acceptors (Lipinski definition) is 4. The summed E-state index contributed by atoms with van der Waals surface area (Å²) in [6, 6.07) is 3.01. The first-order chi connectivity index (χ1) is 9.67. The third-order valence-corrected chi connectivity index (χ3v) is 4.86. The number of hydrogen-bond donors (Lipinski definition) is 1. The second kappa shape index (κ2) is 6.94. The van der Waals surface area contributed by atoms with Crippen molar-refractivity contribution in [2.45, 2.75) is 51.1 Å². The molecule has 2 fully saturated rings. The zero-order valence-corrected chi connectivity index (χ0v) is 12.5. The number of nitrogens with zero attached hydrogens (tertiary/aromatic N) is 2. The molecule has 0 radical (unpaired) electrons. The Labute approximate surface area is 121 Å². The molecular weight excluding hydrogens is 254 g/mol. The monoisotopic (exact) mass is 279 g/mol. The average Bonchev–Trinajstić information content (AvgIpc) is 2.94. The van der Waals surface area contributed by atoms with Crippen LogP contribution in [0.3, 0.4) is 0 Å². The van der Waals surface area contributed by atoms with Gasteiger partial charge >= 0.3 is 6.09 Å². The Hall–Kier alpha value is -1.28. The molecule has 20 heavy (non-hydrogen) atoms. The van der Waals surface area contributed by atoms with E-state index in [2.05, 4.69) is 27.9 Å². The van der Waals surface area contributed by atoms with Crippen LogP contribution in [0.15, 0.2) is 0 Å². The van der Waals surface area contributed by atoms with Crippen LogP contribution in [0.2, 0.25) is 0 Å². The van der Waals surface area contributed by atoms with Crippen molar-refractivity contribution >= 4 is 6.09 Å². The number of carbonyl (C=O) groups is 1. The van der Waals surface area contributed by atoms with Crippen molar-refractivity contribution in [2.75, 3.05) is 20.2 Å². The van der Waals surface area contributed by atoms with Gasteiger partial charge in [0.15, 0.2) is 0 Å². The summed E-state index contributed by atoms with van der Waals surface area (Å²) in [4.78, 5) is 13.7. The van der Waals surface area contributed by atoms with Crippen LogP contribution >= 0.6 is 0 Å². The van der Waals surface area contributed by atoms with Crippen molar-refractivity contribution < 1.29 is 9.53 Å². The van der Waals surface area contributed by atoms with E-state index in [1.165, 1.54) is 20.0 Å². The van der Waals surface area contributed by atoms with Crippen molar-refractivity contribution in [3.8, 4) is 6.07 Å². The largest absolute Gasteiger partial charge is 0.453 e. The van der Waals surface area contributed by atoms with E-state index in [-0.39, 0.29) is 18.1 Å². The highest BCUT2D eigenvalue weighted by atomic mass is 16.5. The SMILES string of the molecule is CCC1CCC(C#N)C(N2CCC(NC(=O)OC)C2)C1. The van der Waals surface area contributed by atoms with E-state index < -0.39 is 0 Å². The number of methoxy groups -OCH3 is 1. The van der Waals surface area contributed by atoms with Gasteiger partial charge in [-0.15, -0.1) is 0 Å². The maximum Gasteiger partial charge on any atom is 0.407 e. The lowest BCUT2D eigenvalue weighted by atomic mass is 9.77. The van der Waals surface area contributed by atoms with Gasteiger partial charge in [-0.3, -0.25) is 4.90 Å². The molecule has 1 aliphatic carbocycles. The highest BCUT2D eigenvalue weighted by molar-refractivity contribution is 5.67. The molecule has 4 atom stereocenters. The van der Waals surface area contributed by atoms with Crippen molar-refractivity contribution in [3.63, 3.8) is 0 Å². The van der Waals surface area contributed by atoms with Crippen molar-refractivity contribution in [3.05, 3.63) is 0 Å². The molecule has 1 amide bonds. The number of carbonyl (C=O) groups excluding carboxylic acids is 1. The summed E-state index contributed by atoms with van der Waals surface area (Å²) in [5.41, 5.74) is 0. The fourth-order valence-electron chi connectivity index (χ4n) is 3.59. The van der Waals surface area contributed by atoms with Gasteiger partial charge in [-0.2, -0.15) is 5.26 Å². The predicted octanol–water partition coefficient (Wildman–Crippen LogP) is 2.14. The van der Waals surface area contributed by atoms with E-state index in [1.54, 1.807) is 0 Å².